The summed E-state index contributed by atoms with van der Waals surface area (Å²) in [7, 11) is -18.6. The Morgan fingerprint density at radius 1 is 0.362 bits per heavy atom. The summed E-state index contributed by atoms with van der Waals surface area (Å²) in [5.74, 6) is 0. The second-order valence-corrected chi connectivity index (χ2v) is 27.2. The molecule has 0 aromatic heterocycles. The van der Waals surface area contributed by atoms with Gasteiger partial charge in [0.2, 0.25) is 15.0 Å². The fourth-order valence-corrected chi connectivity index (χ4v) is 31.0. The van der Waals surface area contributed by atoms with Gasteiger partial charge in [-0.2, -0.15) is 25.2 Å². The lowest BCUT2D eigenvalue weighted by Gasteiger charge is -2.31. The zero-order chi connectivity index (χ0) is 33.2. The molecule has 0 aliphatic carbocycles. The highest BCUT2D eigenvalue weighted by molar-refractivity contribution is 8.22. The van der Waals surface area contributed by atoms with Gasteiger partial charge in [-0.15, -0.1) is 0 Å². The molecule has 0 spiro atoms. The summed E-state index contributed by atoms with van der Waals surface area (Å²) in [6.45, 7) is -6.95. The summed E-state index contributed by atoms with van der Waals surface area (Å²) in [6, 6.07) is 34.8. The summed E-state index contributed by atoms with van der Waals surface area (Å²) in [4.78, 5) is 0. The van der Waals surface area contributed by atoms with Crippen molar-refractivity contribution in [3.63, 3.8) is 0 Å². The van der Waals surface area contributed by atoms with Crippen molar-refractivity contribution in [3.8, 4) is 0 Å². The van der Waals surface area contributed by atoms with Crippen LogP contribution in [0.5, 0.6) is 0 Å². The van der Waals surface area contributed by atoms with E-state index >= 15 is 25.2 Å². The molecule has 0 saturated heterocycles. The Bertz CT molecular complexity index is 1850. The van der Waals surface area contributed by atoms with Crippen LogP contribution in [-0.4, -0.2) is 46.4 Å². The van der Waals surface area contributed by atoms with E-state index in [-0.39, 0.29) is 19.6 Å². The van der Waals surface area contributed by atoms with Crippen LogP contribution < -0.4 is 21.2 Å². The third-order valence-electron chi connectivity index (χ3n) is 7.57. The highest BCUT2D eigenvalue weighted by Crippen LogP contribution is 2.71. The minimum absolute atomic E-state index is 0.0770. The maximum absolute atomic E-state index is 16.5. The minimum Gasteiger partial charge on any atom is -0.331 e. The highest BCUT2D eigenvalue weighted by Gasteiger charge is 2.38. The summed E-state index contributed by atoms with van der Waals surface area (Å²) < 4.78 is 106. The third kappa shape index (κ3) is 7.83. The van der Waals surface area contributed by atoms with Gasteiger partial charge in [-0.1, -0.05) is 121 Å². The van der Waals surface area contributed by atoms with Gasteiger partial charge in [0.25, 0.3) is 0 Å². The summed E-state index contributed by atoms with van der Waals surface area (Å²) in [6.07, 6.45) is -0.0770. The predicted molar refractivity (Wildman–Crippen MR) is 205 cm³/mol. The van der Waals surface area contributed by atoms with Crippen LogP contribution in [0.1, 0.15) is 6.42 Å². The first kappa shape index (κ1) is 35.0. The predicted octanol–water partition coefficient (Wildman–Crippen LogP) is 10.5. The van der Waals surface area contributed by atoms with Gasteiger partial charge in [0.15, 0.2) is 14.8 Å². The van der Waals surface area contributed by atoms with Crippen LogP contribution >= 0.6 is 43.6 Å². The molecule has 4 aromatic carbocycles. The van der Waals surface area contributed by atoms with Crippen LogP contribution in [0.2, 0.25) is 0 Å². The Kier molecular flexibility index (Phi) is 10.3. The minimum atomic E-state index is -4.94. The maximum atomic E-state index is 16.5. The topological polar surface area (TPSA) is 18.5 Å². The molecule has 248 valence electrons. The van der Waals surface area contributed by atoms with Gasteiger partial charge in [-0.05, 0) is 41.4 Å². The summed E-state index contributed by atoms with van der Waals surface area (Å²) in [5.41, 5.74) is 5.64. The Labute approximate surface area is 272 Å². The summed E-state index contributed by atoms with van der Waals surface area (Å²) >= 11 is 0. The molecule has 0 amide bonds. The molecular formula is C33H32F6O2P6. The lowest BCUT2D eigenvalue weighted by atomic mass is 10.4. The zero-order valence-electron chi connectivity index (χ0n) is 24.9. The van der Waals surface area contributed by atoms with Crippen molar-refractivity contribution >= 4 is 98.1 Å². The van der Waals surface area contributed by atoms with E-state index in [1.807, 2.05) is 0 Å². The van der Waals surface area contributed by atoms with E-state index < -0.39 is 43.6 Å². The maximum Gasteiger partial charge on any atom is 0.241 e. The van der Waals surface area contributed by atoms with Crippen molar-refractivity contribution in [1.82, 2.24) is 0 Å². The lowest BCUT2D eigenvalue weighted by molar-refractivity contribution is 0.265. The quantitative estimate of drug-likeness (QED) is 0.0911. The van der Waals surface area contributed by atoms with Crippen molar-refractivity contribution in [3.05, 3.63) is 121 Å². The average Bonchev–Trinajstić information content (AvgIpc) is 3.04. The Balaban J connectivity index is 1.28. The molecule has 2 heterocycles. The van der Waals surface area contributed by atoms with E-state index in [9.17, 15) is 0 Å². The van der Waals surface area contributed by atoms with E-state index in [1.54, 1.807) is 121 Å². The van der Waals surface area contributed by atoms with Gasteiger partial charge >= 0.3 is 0 Å². The van der Waals surface area contributed by atoms with Gasteiger partial charge in [-0.3, -0.25) is 0 Å². The molecule has 47 heavy (non-hydrogen) atoms. The second-order valence-electron chi connectivity index (χ2n) is 11.1. The number of hydrogen-bond donors (Lipinski definition) is 0. The smallest absolute Gasteiger partial charge is 0.241 e. The van der Waals surface area contributed by atoms with Gasteiger partial charge in [0.05, 0.1) is 24.3 Å². The molecule has 2 atom stereocenters. The van der Waals surface area contributed by atoms with E-state index in [4.69, 9.17) is 9.05 Å². The molecule has 0 N–H and O–H groups in total. The van der Waals surface area contributed by atoms with Gasteiger partial charge in [-0.25, -0.2) is 0 Å². The molecule has 0 radical (unpaired) electrons. The molecule has 2 nitrogen and oxygen atoms in total. The van der Waals surface area contributed by atoms with Crippen molar-refractivity contribution in [2.45, 2.75) is 6.42 Å². The van der Waals surface area contributed by atoms with Crippen molar-refractivity contribution in [2.75, 3.05) is 13.2 Å². The lowest BCUT2D eigenvalue weighted by Crippen LogP contribution is -2.21. The standard InChI is InChI=1S/C33H32F6O2P6/c34-44(35)24-42(30-14-5-1-6-15-30,31-16-7-2-8-17-31)26-46(38,28-44)40-22-13-23-41-47(39)27-43(25-45(36,37)29-47,32-18-9-3-10-19-32)33-20-11-4-12-21-33/h1-12,14-21,24-29H,13,22-23H2. The Morgan fingerprint density at radius 3 is 0.915 bits per heavy atom. The van der Waals surface area contributed by atoms with E-state index in [0.717, 1.165) is 11.1 Å². The van der Waals surface area contributed by atoms with E-state index in [2.05, 4.69) is 0 Å². The fraction of sp³-hybridized carbons (Fsp3) is 0.0909. The third-order valence-corrected chi connectivity index (χ3v) is 29.1. The monoisotopic (exact) mass is 760 g/mol. The van der Waals surface area contributed by atoms with Crippen molar-refractivity contribution in [1.29, 1.82) is 0 Å². The molecule has 0 bridgehead atoms. The first-order valence-electron chi connectivity index (χ1n) is 14.6. The zero-order valence-corrected chi connectivity index (χ0v) is 30.3. The van der Waals surface area contributed by atoms with Crippen LogP contribution in [0, 0.1) is 0 Å². The first-order chi connectivity index (χ1) is 22.4. The van der Waals surface area contributed by atoms with Crippen LogP contribution in [0.15, 0.2) is 121 Å². The number of benzene rings is 4. The Morgan fingerprint density at radius 2 is 0.638 bits per heavy atom. The average molecular weight is 760 g/mol. The fourth-order valence-electron chi connectivity index (χ4n) is 5.71. The number of hydrogen-bond acceptors (Lipinski definition) is 2. The largest absolute Gasteiger partial charge is 0.331 e. The van der Waals surface area contributed by atoms with Crippen LogP contribution in [-0.2, 0) is 9.05 Å². The molecule has 0 saturated carbocycles. The molecule has 0 fully saturated rings. The van der Waals surface area contributed by atoms with Crippen LogP contribution in [0.25, 0.3) is 0 Å². The van der Waals surface area contributed by atoms with Crippen molar-refractivity contribution < 1.29 is 34.2 Å². The van der Waals surface area contributed by atoms with Crippen LogP contribution in [0.4, 0.5) is 25.2 Å². The van der Waals surface area contributed by atoms with E-state index in [0.29, 0.717) is 32.3 Å². The molecule has 2 aliphatic heterocycles. The Hall–Kier alpha value is -1.82. The molecule has 2 aliphatic rings. The molecular weight excluding hydrogens is 728 g/mol. The molecule has 2 unspecified atom stereocenters. The van der Waals surface area contributed by atoms with Crippen LogP contribution in [0.3, 0.4) is 0 Å². The van der Waals surface area contributed by atoms with Gasteiger partial charge in [0.1, 0.15) is 0 Å². The second kappa shape index (κ2) is 13.8. The molecule has 6 rings (SSSR count). The van der Waals surface area contributed by atoms with E-state index in [1.165, 1.54) is 11.1 Å². The summed E-state index contributed by atoms with van der Waals surface area (Å²) in [5, 5.41) is 2.35. The number of rotatable bonds is 10. The number of halogens is 6. The van der Waals surface area contributed by atoms with Gasteiger partial charge < -0.3 is 9.05 Å². The highest BCUT2D eigenvalue weighted by atomic mass is 31.3. The van der Waals surface area contributed by atoms with Crippen molar-refractivity contribution in [2.24, 2.45) is 0 Å². The SMILES string of the molecule is FP1(F)=CP(c2ccccc2)(c2ccccc2)=CP(F)(OCCCOP2(F)=CP(F)(F)=CP(c3ccccc3)(c3ccccc3)=C2)=C1. The molecule has 4 aromatic rings. The van der Waals surface area contributed by atoms with Gasteiger partial charge in [0, 0.05) is 22.2 Å². The first-order valence-corrected chi connectivity index (χ1v) is 25.3. The normalized spacial score (nSPS) is 25.0. The molecule has 14 heteroatoms.